The van der Waals surface area contributed by atoms with Gasteiger partial charge in [0, 0.05) is 11.6 Å². The monoisotopic (exact) mass is 368 g/mol. The number of amides is 1. The number of nitrogens with one attached hydrogen (secondary N) is 1. The molecule has 26 heavy (non-hydrogen) atoms. The number of para-hydroxylation sites is 1. The molecule has 0 aliphatic heterocycles. The molecule has 1 heterocycles. The first kappa shape index (κ1) is 18.1. The number of benzene rings is 2. The van der Waals surface area contributed by atoms with E-state index in [9.17, 15) is 9.59 Å². The van der Waals surface area contributed by atoms with Crippen molar-refractivity contribution < 1.29 is 14.3 Å². The highest BCUT2D eigenvalue weighted by molar-refractivity contribution is 7.21. The van der Waals surface area contributed by atoms with E-state index in [-0.39, 0.29) is 18.6 Å². The summed E-state index contributed by atoms with van der Waals surface area (Å²) < 4.78 is 6.25. The Hall–Kier alpha value is -2.73. The second-order valence-electron chi connectivity index (χ2n) is 5.99. The normalized spacial score (nSPS) is 11.9. The second-order valence-corrected chi connectivity index (χ2v) is 7.02. The minimum absolute atomic E-state index is 0.0521. The summed E-state index contributed by atoms with van der Waals surface area (Å²) in [6, 6.07) is 15.0. The maximum Gasteiger partial charge on any atom is 0.339 e. The SMILES string of the molecule is CCC(C)NC(=O)COC(=O)c1ccccc1-c1nc2ccccc2s1. The number of ether oxygens (including phenoxy) is 1. The Balaban J connectivity index is 1.78. The molecule has 0 fully saturated rings. The summed E-state index contributed by atoms with van der Waals surface area (Å²) in [6.45, 7) is 3.59. The second kappa shape index (κ2) is 8.10. The lowest BCUT2D eigenvalue weighted by atomic mass is 10.1. The Bertz CT molecular complexity index is 902. The molecule has 1 unspecified atom stereocenters. The van der Waals surface area contributed by atoms with Crippen LogP contribution in [0.1, 0.15) is 30.6 Å². The van der Waals surface area contributed by atoms with E-state index in [0.29, 0.717) is 11.1 Å². The van der Waals surface area contributed by atoms with Gasteiger partial charge >= 0.3 is 5.97 Å². The van der Waals surface area contributed by atoms with Crippen LogP contribution in [-0.4, -0.2) is 29.5 Å². The molecule has 0 spiro atoms. The first-order valence-electron chi connectivity index (χ1n) is 8.50. The van der Waals surface area contributed by atoms with Gasteiger partial charge in [-0.25, -0.2) is 9.78 Å². The molecule has 1 aromatic heterocycles. The van der Waals surface area contributed by atoms with Crippen LogP contribution in [0.2, 0.25) is 0 Å². The minimum atomic E-state index is -0.529. The Morgan fingerprint density at radius 1 is 1.15 bits per heavy atom. The van der Waals surface area contributed by atoms with Crippen LogP contribution in [0.3, 0.4) is 0 Å². The first-order chi connectivity index (χ1) is 12.6. The predicted molar refractivity (Wildman–Crippen MR) is 103 cm³/mol. The van der Waals surface area contributed by atoms with Gasteiger partial charge in [0.1, 0.15) is 5.01 Å². The molecule has 0 radical (unpaired) electrons. The van der Waals surface area contributed by atoms with Gasteiger partial charge in [0.2, 0.25) is 0 Å². The van der Waals surface area contributed by atoms with Gasteiger partial charge in [0.05, 0.1) is 15.8 Å². The van der Waals surface area contributed by atoms with Crippen molar-refractivity contribution in [2.24, 2.45) is 0 Å². The van der Waals surface area contributed by atoms with Gasteiger partial charge in [-0.1, -0.05) is 37.3 Å². The van der Waals surface area contributed by atoms with Crippen LogP contribution in [0, 0.1) is 0 Å². The van der Waals surface area contributed by atoms with E-state index in [1.54, 1.807) is 12.1 Å². The maximum atomic E-state index is 12.5. The molecule has 134 valence electrons. The third-order valence-electron chi connectivity index (χ3n) is 4.03. The Morgan fingerprint density at radius 3 is 2.65 bits per heavy atom. The first-order valence-corrected chi connectivity index (χ1v) is 9.31. The van der Waals surface area contributed by atoms with Gasteiger partial charge in [-0.3, -0.25) is 4.79 Å². The van der Waals surface area contributed by atoms with E-state index in [0.717, 1.165) is 21.6 Å². The number of esters is 1. The highest BCUT2D eigenvalue weighted by Gasteiger charge is 2.18. The quantitative estimate of drug-likeness (QED) is 0.667. The molecular weight excluding hydrogens is 348 g/mol. The largest absolute Gasteiger partial charge is 0.452 e. The summed E-state index contributed by atoms with van der Waals surface area (Å²) in [7, 11) is 0. The van der Waals surface area contributed by atoms with E-state index < -0.39 is 5.97 Å². The zero-order valence-corrected chi connectivity index (χ0v) is 15.5. The van der Waals surface area contributed by atoms with Crippen molar-refractivity contribution in [3.05, 3.63) is 54.1 Å². The number of thiazole rings is 1. The molecule has 0 saturated carbocycles. The number of aromatic nitrogens is 1. The third-order valence-corrected chi connectivity index (χ3v) is 5.10. The van der Waals surface area contributed by atoms with Gasteiger partial charge in [0.15, 0.2) is 6.61 Å². The van der Waals surface area contributed by atoms with Crippen molar-refractivity contribution in [1.82, 2.24) is 10.3 Å². The average molecular weight is 368 g/mol. The molecule has 1 N–H and O–H groups in total. The zero-order chi connectivity index (χ0) is 18.5. The summed E-state index contributed by atoms with van der Waals surface area (Å²) in [5, 5.41) is 3.53. The molecule has 0 aliphatic rings. The van der Waals surface area contributed by atoms with Gasteiger partial charge in [-0.2, -0.15) is 0 Å². The third kappa shape index (κ3) is 4.08. The van der Waals surface area contributed by atoms with Gasteiger partial charge in [0.25, 0.3) is 5.91 Å². The smallest absolute Gasteiger partial charge is 0.339 e. The van der Waals surface area contributed by atoms with Crippen LogP contribution in [0.25, 0.3) is 20.8 Å². The highest BCUT2D eigenvalue weighted by atomic mass is 32.1. The van der Waals surface area contributed by atoms with Crippen LogP contribution in [0.15, 0.2) is 48.5 Å². The van der Waals surface area contributed by atoms with Crippen molar-refractivity contribution >= 4 is 33.4 Å². The predicted octanol–water partition coefficient (Wildman–Crippen LogP) is 4.03. The van der Waals surface area contributed by atoms with E-state index in [4.69, 9.17) is 4.74 Å². The van der Waals surface area contributed by atoms with Crippen molar-refractivity contribution in [2.45, 2.75) is 26.3 Å². The van der Waals surface area contributed by atoms with Crippen LogP contribution >= 0.6 is 11.3 Å². The number of rotatable bonds is 6. The van der Waals surface area contributed by atoms with Gasteiger partial charge in [-0.15, -0.1) is 11.3 Å². The van der Waals surface area contributed by atoms with Crippen LogP contribution in [-0.2, 0) is 9.53 Å². The van der Waals surface area contributed by atoms with Crippen LogP contribution in [0.4, 0.5) is 0 Å². The lowest BCUT2D eigenvalue weighted by Gasteiger charge is -2.12. The molecule has 2 aromatic carbocycles. The molecule has 5 nitrogen and oxygen atoms in total. The Morgan fingerprint density at radius 2 is 1.88 bits per heavy atom. The van der Waals surface area contributed by atoms with Crippen LogP contribution in [0.5, 0.6) is 0 Å². The molecule has 3 aromatic rings. The summed E-state index contributed by atoms with van der Waals surface area (Å²) >= 11 is 1.52. The fourth-order valence-corrected chi connectivity index (χ4v) is 3.47. The van der Waals surface area contributed by atoms with Crippen molar-refractivity contribution in [2.75, 3.05) is 6.61 Å². The number of fused-ring (bicyclic) bond motifs is 1. The molecule has 0 bridgehead atoms. The number of carbonyl (C=O) groups is 2. The molecule has 0 aliphatic carbocycles. The standard InChI is InChI=1S/C20H20N2O3S/c1-3-13(2)21-18(23)12-25-20(24)15-9-5-4-8-14(15)19-22-16-10-6-7-11-17(16)26-19/h4-11,13H,3,12H2,1-2H3,(H,21,23). The average Bonchev–Trinajstić information content (AvgIpc) is 3.10. The zero-order valence-electron chi connectivity index (χ0n) is 14.7. The Labute approximate surface area is 156 Å². The van der Waals surface area contributed by atoms with Gasteiger partial charge in [-0.05, 0) is 31.5 Å². The summed E-state index contributed by atoms with van der Waals surface area (Å²) in [5.41, 5.74) is 2.01. The molecule has 3 rings (SSSR count). The fourth-order valence-electron chi connectivity index (χ4n) is 2.46. The number of hydrogen-bond acceptors (Lipinski definition) is 5. The van der Waals surface area contributed by atoms with Crippen molar-refractivity contribution in [3.63, 3.8) is 0 Å². The van der Waals surface area contributed by atoms with Crippen LogP contribution < -0.4 is 5.32 Å². The molecule has 6 heteroatoms. The lowest BCUT2D eigenvalue weighted by molar-refractivity contribution is -0.124. The van der Waals surface area contributed by atoms with E-state index >= 15 is 0 Å². The molecule has 1 atom stereocenters. The number of hydrogen-bond donors (Lipinski definition) is 1. The lowest BCUT2D eigenvalue weighted by Crippen LogP contribution is -2.35. The summed E-state index contributed by atoms with van der Waals surface area (Å²) in [5.74, 6) is -0.829. The van der Waals surface area contributed by atoms with Crippen molar-refractivity contribution in [1.29, 1.82) is 0 Å². The van der Waals surface area contributed by atoms with E-state index in [1.165, 1.54) is 11.3 Å². The molecular formula is C20H20N2O3S. The minimum Gasteiger partial charge on any atom is -0.452 e. The van der Waals surface area contributed by atoms with E-state index in [1.807, 2.05) is 50.2 Å². The highest BCUT2D eigenvalue weighted by Crippen LogP contribution is 2.32. The topological polar surface area (TPSA) is 68.3 Å². The molecule has 1 amide bonds. The van der Waals surface area contributed by atoms with Crippen molar-refractivity contribution in [3.8, 4) is 10.6 Å². The van der Waals surface area contributed by atoms with Gasteiger partial charge < -0.3 is 10.1 Å². The Kier molecular flexibility index (Phi) is 5.63. The van der Waals surface area contributed by atoms with E-state index in [2.05, 4.69) is 10.3 Å². The number of nitrogens with zero attached hydrogens (tertiary/aromatic N) is 1. The molecule has 0 saturated heterocycles. The maximum absolute atomic E-state index is 12.5. The fraction of sp³-hybridized carbons (Fsp3) is 0.250. The summed E-state index contributed by atoms with van der Waals surface area (Å²) in [6.07, 6.45) is 0.820. The summed E-state index contributed by atoms with van der Waals surface area (Å²) in [4.78, 5) is 28.9. The number of carbonyl (C=O) groups excluding carboxylic acids is 2.